The molecule has 4 nitrogen and oxygen atoms in total. The number of hydrogen-bond donors (Lipinski definition) is 0. The normalized spacial score (nSPS) is 22.1. The van der Waals surface area contributed by atoms with Crippen molar-refractivity contribution in [2.24, 2.45) is 11.1 Å². The van der Waals surface area contributed by atoms with Gasteiger partial charge in [0.15, 0.2) is 0 Å². The molecular formula is C10H15Cl3N2O2S3. The summed E-state index contributed by atoms with van der Waals surface area (Å²) < 4.78 is -0.515. The maximum absolute atomic E-state index is 11.7. The molecule has 0 aromatic heterocycles. The average molecular weight is 398 g/mol. The summed E-state index contributed by atoms with van der Waals surface area (Å²) in [7, 11) is 1.46. The Morgan fingerprint density at radius 3 is 2.70 bits per heavy atom. The molecule has 0 aliphatic carbocycles. The predicted octanol–water partition coefficient (Wildman–Crippen LogP) is 4.85. The van der Waals surface area contributed by atoms with Crippen LogP contribution in [0.2, 0.25) is 0 Å². The van der Waals surface area contributed by atoms with E-state index in [2.05, 4.69) is 19.0 Å². The SMILES string of the molecule is CC(C)C1SCCSC1=NOC(=O)N(C)SC(Cl)(Cl)Cl. The fraction of sp³-hybridized carbons (Fsp3) is 0.800. The number of oxime groups is 1. The first kappa shape index (κ1) is 18.9. The van der Waals surface area contributed by atoms with Crippen LogP contribution >= 0.6 is 70.3 Å². The molecule has 20 heavy (non-hydrogen) atoms. The molecule has 0 aromatic carbocycles. The van der Waals surface area contributed by atoms with Gasteiger partial charge in [-0.05, 0) is 5.92 Å². The lowest BCUT2D eigenvalue weighted by molar-refractivity contribution is 0.137. The predicted molar refractivity (Wildman–Crippen MR) is 93.1 cm³/mol. The molecule has 1 rings (SSSR count). The standard InChI is InChI=1S/C10H15Cl3N2O2S3/c1-6(2)7-8(19-5-4-18-7)14-17-9(16)15(3)20-10(11,12)13/h6-7H,4-5H2,1-3H3. The van der Waals surface area contributed by atoms with Crippen LogP contribution in [0.3, 0.4) is 0 Å². The van der Waals surface area contributed by atoms with Gasteiger partial charge in [0.05, 0.1) is 5.25 Å². The minimum Gasteiger partial charge on any atom is -0.296 e. The third-order valence-electron chi connectivity index (χ3n) is 2.19. The number of halogens is 3. The van der Waals surface area contributed by atoms with Crippen molar-refractivity contribution in [1.82, 2.24) is 4.31 Å². The van der Waals surface area contributed by atoms with Gasteiger partial charge in [0.25, 0.3) is 3.12 Å². The number of hydrogen-bond acceptors (Lipinski definition) is 6. The van der Waals surface area contributed by atoms with E-state index in [1.807, 2.05) is 11.8 Å². The molecular weight excluding hydrogens is 383 g/mol. The van der Waals surface area contributed by atoms with Crippen LogP contribution < -0.4 is 0 Å². The van der Waals surface area contributed by atoms with Gasteiger partial charge in [0.1, 0.15) is 5.04 Å². The van der Waals surface area contributed by atoms with E-state index in [0.717, 1.165) is 32.8 Å². The van der Waals surface area contributed by atoms with Crippen molar-refractivity contribution >= 4 is 81.4 Å². The summed E-state index contributed by atoms with van der Waals surface area (Å²) in [4.78, 5) is 16.6. The summed E-state index contributed by atoms with van der Waals surface area (Å²) in [5.41, 5.74) is 0. The maximum Gasteiger partial charge on any atom is 0.445 e. The Bertz CT molecular complexity index is 377. The largest absolute Gasteiger partial charge is 0.445 e. The smallest absolute Gasteiger partial charge is 0.296 e. The average Bonchev–Trinajstić information content (AvgIpc) is 2.34. The molecule has 116 valence electrons. The number of thioether (sulfide) groups is 2. The molecule has 0 bridgehead atoms. The molecule has 1 heterocycles. The van der Waals surface area contributed by atoms with Crippen LogP contribution in [-0.2, 0) is 4.84 Å². The zero-order valence-electron chi connectivity index (χ0n) is 11.1. The van der Waals surface area contributed by atoms with Gasteiger partial charge in [0.2, 0.25) is 0 Å². The van der Waals surface area contributed by atoms with Crippen LogP contribution in [0.25, 0.3) is 0 Å². The zero-order valence-corrected chi connectivity index (χ0v) is 15.9. The second kappa shape index (κ2) is 8.48. The summed E-state index contributed by atoms with van der Waals surface area (Å²) in [5.74, 6) is 2.46. The molecule has 1 atom stereocenters. The van der Waals surface area contributed by atoms with Crippen LogP contribution in [0.5, 0.6) is 0 Å². The highest BCUT2D eigenvalue weighted by Crippen LogP contribution is 2.40. The lowest BCUT2D eigenvalue weighted by atomic mass is 10.1. The molecule has 0 N–H and O–H groups in total. The number of alkyl halides is 3. The Kier molecular flexibility index (Phi) is 8.02. The van der Waals surface area contributed by atoms with Crippen molar-refractivity contribution < 1.29 is 9.63 Å². The molecule has 1 aliphatic rings. The quantitative estimate of drug-likeness (QED) is 0.295. The topological polar surface area (TPSA) is 41.9 Å². The lowest BCUT2D eigenvalue weighted by Gasteiger charge is -2.25. The van der Waals surface area contributed by atoms with E-state index >= 15 is 0 Å². The Hall–Kier alpha value is 0.860. The molecule has 1 aliphatic heterocycles. The molecule has 0 aromatic rings. The minimum absolute atomic E-state index is 0.257. The van der Waals surface area contributed by atoms with E-state index in [9.17, 15) is 4.79 Å². The number of amides is 1. The number of nitrogens with zero attached hydrogens (tertiary/aromatic N) is 2. The Morgan fingerprint density at radius 2 is 2.15 bits per heavy atom. The monoisotopic (exact) mass is 396 g/mol. The van der Waals surface area contributed by atoms with Crippen molar-refractivity contribution in [3.05, 3.63) is 0 Å². The first-order chi connectivity index (χ1) is 9.20. The van der Waals surface area contributed by atoms with E-state index in [4.69, 9.17) is 39.6 Å². The Balaban J connectivity index is 2.58. The third kappa shape index (κ3) is 6.75. The van der Waals surface area contributed by atoms with E-state index < -0.39 is 9.22 Å². The third-order valence-corrected chi connectivity index (χ3v) is 6.45. The van der Waals surface area contributed by atoms with Crippen LogP contribution in [0.15, 0.2) is 5.16 Å². The molecule has 1 unspecified atom stereocenters. The summed E-state index contributed by atoms with van der Waals surface area (Å²) in [6, 6.07) is 0. The number of rotatable bonds is 3. The molecule has 1 saturated heterocycles. The molecule has 0 spiro atoms. The highest BCUT2D eigenvalue weighted by atomic mass is 35.6. The van der Waals surface area contributed by atoms with Crippen LogP contribution in [0.4, 0.5) is 4.79 Å². The fourth-order valence-corrected chi connectivity index (χ4v) is 5.40. The fourth-order valence-electron chi connectivity index (χ4n) is 1.36. The zero-order chi connectivity index (χ0) is 15.3. The van der Waals surface area contributed by atoms with Gasteiger partial charge in [-0.1, -0.05) is 53.8 Å². The van der Waals surface area contributed by atoms with E-state index in [1.54, 1.807) is 11.8 Å². The highest BCUT2D eigenvalue weighted by Gasteiger charge is 2.29. The Morgan fingerprint density at radius 1 is 1.50 bits per heavy atom. The molecule has 0 saturated carbocycles. The maximum atomic E-state index is 11.7. The van der Waals surface area contributed by atoms with Crippen molar-refractivity contribution in [2.75, 3.05) is 18.6 Å². The van der Waals surface area contributed by atoms with Crippen molar-refractivity contribution in [2.45, 2.75) is 22.2 Å². The number of carbonyl (C=O) groups excluding carboxylic acids is 1. The van der Waals surface area contributed by atoms with Gasteiger partial charge in [-0.15, -0.1) is 11.8 Å². The van der Waals surface area contributed by atoms with Gasteiger partial charge < -0.3 is 0 Å². The summed E-state index contributed by atoms with van der Waals surface area (Å²) >= 11 is 20.9. The minimum atomic E-state index is -1.61. The van der Waals surface area contributed by atoms with E-state index in [-0.39, 0.29) is 5.25 Å². The van der Waals surface area contributed by atoms with Gasteiger partial charge in [-0.25, -0.2) is 9.10 Å². The molecule has 10 heteroatoms. The summed E-state index contributed by atoms with van der Waals surface area (Å²) in [6.07, 6.45) is -0.674. The van der Waals surface area contributed by atoms with Gasteiger partial charge >= 0.3 is 6.09 Å². The lowest BCUT2D eigenvalue weighted by Crippen LogP contribution is -2.27. The van der Waals surface area contributed by atoms with Crippen LogP contribution in [0, 0.1) is 5.92 Å². The molecule has 1 amide bonds. The van der Waals surface area contributed by atoms with Crippen LogP contribution in [-0.4, -0.2) is 42.4 Å². The first-order valence-corrected chi connectivity index (χ1v) is 9.67. The van der Waals surface area contributed by atoms with Crippen molar-refractivity contribution in [3.63, 3.8) is 0 Å². The Labute approximate surface area is 146 Å². The summed E-state index contributed by atoms with van der Waals surface area (Å²) in [6.45, 7) is 4.23. The molecule has 1 fully saturated rings. The number of carbonyl (C=O) groups is 1. The first-order valence-electron chi connectivity index (χ1n) is 5.73. The van der Waals surface area contributed by atoms with Crippen molar-refractivity contribution in [1.29, 1.82) is 0 Å². The van der Waals surface area contributed by atoms with Crippen molar-refractivity contribution in [3.8, 4) is 0 Å². The molecule has 0 radical (unpaired) electrons. The second-order valence-electron chi connectivity index (χ2n) is 4.21. The van der Waals surface area contributed by atoms with E-state index in [0.29, 0.717) is 5.92 Å². The van der Waals surface area contributed by atoms with Crippen LogP contribution in [0.1, 0.15) is 13.8 Å². The van der Waals surface area contributed by atoms with Gasteiger partial charge in [-0.2, -0.15) is 11.8 Å². The van der Waals surface area contributed by atoms with Gasteiger partial charge in [0, 0.05) is 30.5 Å². The van der Waals surface area contributed by atoms with Gasteiger partial charge in [-0.3, -0.25) is 4.84 Å². The van der Waals surface area contributed by atoms with E-state index in [1.165, 1.54) is 7.05 Å². The highest BCUT2D eigenvalue weighted by molar-refractivity contribution is 8.18. The second-order valence-corrected chi connectivity index (χ2v) is 10.9. The summed E-state index contributed by atoms with van der Waals surface area (Å²) in [5, 5.41) is 5.05.